The molecule has 0 fully saturated rings. The molecule has 0 bridgehead atoms. The highest BCUT2D eigenvalue weighted by Gasteiger charge is 2.32. The number of hydrogen-bond donors (Lipinski definition) is 0. The third kappa shape index (κ3) is 3.69. The number of carbonyl (C=O) groups is 1. The van der Waals surface area contributed by atoms with Crippen LogP contribution in [0.1, 0.15) is 18.4 Å². The number of carbonyl (C=O) groups excluding carboxylic acids is 1. The molecular formula is C12H14O8S2. The standard InChI is InChI=1S/C12H14O8S2/c1-7-8-4-5-10(19-21(2,14)15)12(20-22(3,16)17)11(8)18-6-9(7)13/h4-5,7H,6H2,1-3H3. The van der Waals surface area contributed by atoms with E-state index >= 15 is 0 Å². The molecule has 1 aromatic rings. The second-order valence-corrected chi connectivity index (χ2v) is 8.01. The van der Waals surface area contributed by atoms with Gasteiger partial charge in [0.25, 0.3) is 0 Å². The second-order valence-electron chi connectivity index (χ2n) is 4.86. The third-order valence-corrected chi connectivity index (χ3v) is 3.84. The normalized spacial score (nSPS) is 18.3. The van der Waals surface area contributed by atoms with E-state index in [0.29, 0.717) is 5.56 Å². The average molecular weight is 350 g/mol. The molecular weight excluding hydrogens is 336 g/mol. The Labute approximate surface area is 128 Å². The lowest BCUT2D eigenvalue weighted by Gasteiger charge is -2.24. The van der Waals surface area contributed by atoms with Crippen molar-refractivity contribution in [3.63, 3.8) is 0 Å². The molecule has 1 aliphatic rings. The van der Waals surface area contributed by atoms with E-state index in [1.807, 2.05) is 0 Å². The summed E-state index contributed by atoms with van der Waals surface area (Å²) in [4.78, 5) is 11.7. The van der Waals surface area contributed by atoms with Crippen molar-refractivity contribution >= 4 is 26.0 Å². The summed E-state index contributed by atoms with van der Waals surface area (Å²) in [7, 11) is -7.86. The summed E-state index contributed by atoms with van der Waals surface area (Å²) in [6.07, 6.45) is 1.61. The van der Waals surface area contributed by atoms with Gasteiger partial charge in [-0.2, -0.15) is 16.8 Å². The first kappa shape index (κ1) is 16.6. The van der Waals surface area contributed by atoms with Gasteiger partial charge in [0.15, 0.2) is 17.3 Å². The zero-order valence-electron chi connectivity index (χ0n) is 12.0. The molecule has 8 nitrogen and oxygen atoms in total. The van der Waals surface area contributed by atoms with Crippen LogP contribution in [0.25, 0.3) is 0 Å². The fourth-order valence-electron chi connectivity index (χ4n) is 1.95. The number of ether oxygens (including phenoxy) is 1. The van der Waals surface area contributed by atoms with Gasteiger partial charge >= 0.3 is 20.2 Å². The first-order valence-electron chi connectivity index (χ1n) is 6.09. The molecule has 0 radical (unpaired) electrons. The van der Waals surface area contributed by atoms with Crippen LogP contribution in [0, 0.1) is 0 Å². The highest BCUT2D eigenvalue weighted by Crippen LogP contribution is 2.46. The van der Waals surface area contributed by atoms with Crippen LogP contribution >= 0.6 is 0 Å². The van der Waals surface area contributed by atoms with Gasteiger partial charge in [0.05, 0.1) is 12.5 Å². The van der Waals surface area contributed by atoms with Crippen molar-refractivity contribution in [1.82, 2.24) is 0 Å². The third-order valence-electron chi connectivity index (χ3n) is 2.89. The fourth-order valence-corrected chi connectivity index (χ4v) is 2.87. The fraction of sp³-hybridized carbons (Fsp3) is 0.417. The molecule has 0 saturated carbocycles. The zero-order valence-corrected chi connectivity index (χ0v) is 13.7. The first-order chi connectivity index (χ1) is 9.98. The van der Waals surface area contributed by atoms with Crippen LogP contribution < -0.4 is 13.1 Å². The van der Waals surface area contributed by atoms with Crippen LogP contribution in [0.3, 0.4) is 0 Å². The molecule has 0 aliphatic carbocycles. The van der Waals surface area contributed by atoms with Crippen LogP contribution in [0.4, 0.5) is 0 Å². The van der Waals surface area contributed by atoms with Gasteiger partial charge in [0, 0.05) is 11.5 Å². The van der Waals surface area contributed by atoms with E-state index in [9.17, 15) is 21.6 Å². The lowest BCUT2D eigenvalue weighted by Crippen LogP contribution is -2.25. The molecule has 1 unspecified atom stereocenters. The molecule has 0 aromatic heterocycles. The van der Waals surface area contributed by atoms with Crippen LogP contribution in [0.2, 0.25) is 0 Å². The zero-order chi connectivity index (χ0) is 16.7. The average Bonchev–Trinajstić information content (AvgIpc) is 2.33. The number of fused-ring (bicyclic) bond motifs is 1. The van der Waals surface area contributed by atoms with Crippen molar-refractivity contribution < 1.29 is 34.7 Å². The topological polar surface area (TPSA) is 113 Å². The SMILES string of the molecule is CC1C(=O)COc2c1ccc(OS(C)(=O)=O)c2OS(C)(=O)=O. The van der Waals surface area contributed by atoms with E-state index in [1.165, 1.54) is 12.1 Å². The molecule has 2 rings (SSSR count). The summed E-state index contributed by atoms with van der Waals surface area (Å²) in [5, 5.41) is 0. The molecule has 1 aromatic carbocycles. The van der Waals surface area contributed by atoms with Crippen molar-refractivity contribution in [3.05, 3.63) is 17.7 Å². The number of ketones is 1. The molecule has 1 aliphatic heterocycles. The maximum absolute atomic E-state index is 11.7. The molecule has 0 N–H and O–H groups in total. The Hall–Kier alpha value is -1.81. The van der Waals surface area contributed by atoms with E-state index in [-0.39, 0.29) is 29.6 Å². The lowest BCUT2D eigenvalue weighted by molar-refractivity contribution is -0.123. The van der Waals surface area contributed by atoms with Gasteiger partial charge in [-0.15, -0.1) is 0 Å². The predicted molar refractivity (Wildman–Crippen MR) is 76.3 cm³/mol. The first-order valence-corrected chi connectivity index (χ1v) is 9.72. The van der Waals surface area contributed by atoms with Gasteiger partial charge < -0.3 is 13.1 Å². The summed E-state index contributed by atoms with van der Waals surface area (Å²) in [6.45, 7) is 1.36. The Morgan fingerprint density at radius 1 is 1.09 bits per heavy atom. The number of rotatable bonds is 4. The Morgan fingerprint density at radius 2 is 1.68 bits per heavy atom. The summed E-state index contributed by atoms with van der Waals surface area (Å²) in [5.41, 5.74) is 0.399. The largest absolute Gasteiger partial charge is 0.481 e. The van der Waals surface area contributed by atoms with Crippen LogP contribution in [-0.2, 0) is 25.0 Å². The molecule has 122 valence electrons. The van der Waals surface area contributed by atoms with Crippen molar-refractivity contribution in [3.8, 4) is 17.2 Å². The highest BCUT2D eigenvalue weighted by atomic mass is 32.2. The van der Waals surface area contributed by atoms with Gasteiger partial charge in [-0.25, -0.2) is 0 Å². The number of Topliss-reactive ketones (excluding diaryl/α,β-unsaturated/α-hetero) is 1. The van der Waals surface area contributed by atoms with Crippen molar-refractivity contribution in [1.29, 1.82) is 0 Å². The Kier molecular flexibility index (Phi) is 4.09. The van der Waals surface area contributed by atoms with Crippen molar-refractivity contribution in [2.45, 2.75) is 12.8 Å². The minimum Gasteiger partial charge on any atom is -0.481 e. The van der Waals surface area contributed by atoms with Crippen molar-refractivity contribution in [2.24, 2.45) is 0 Å². The van der Waals surface area contributed by atoms with Gasteiger partial charge in [0.2, 0.25) is 5.75 Å². The summed E-state index contributed by atoms with van der Waals surface area (Å²) in [6, 6.07) is 2.66. The monoisotopic (exact) mass is 350 g/mol. The maximum atomic E-state index is 11.7. The van der Waals surface area contributed by atoms with E-state index in [4.69, 9.17) is 13.1 Å². The smallest absolute Gasteiger partial charge is 0.306 e. The van der Waals surface area contributed by atoms with Gasteiger partial charge in [0.1, 0.15) is 6.61 Å². The van der Waals surface area contributed by atoms with Gasteiger partial charge in [-0.3, -0.25) is 4.79 Å². The molecule has 1 heterocycles. The van der Waals surface area contributed by atoms with Gasteiger partial charge in [-0.1, -0.05) is 13.0 Å². The molecule has 22 heavy (non-hydrogen) atoms. The maximum Gasteiger partial charge on any atom is 0.306 e. The van der Waals surface area contributed by atoms with E-state index in [0.717, 1.165) is 12.5 Å². The molecule has 0 amide bonds. The second kappa shape index (κ2) is 5.43. The summed E-state index contributed by atoms with van der Waals surface area (Å²) < 4.78 is 60.1. The van der Waals surface area contributed by atoms with E-state index < -0.39 is 26.2 Å². The van der Waals surface area contributed by atoms with Crippen LogP contribution in [0.5, 0.6) is 17.2 Å². The van der Waals surface area contributed by atoms with Gasteiger partial charge in [-0.05, 0) is 6.07 Å². The predicted octanol–water partition coefficient (Wildman–Crippen LogP) is 0.428. The lowest BCUT2D eigenvalue weighted by atomic mass is 9.93. The number of benzene rings is 1. The number of hydrogen-bond acceptors (Lipinski definition) is 8. The van der Waals surface area contributed by atoms with Crippen LogP contribution in [-0.4, -0.2) is 41.7 Å². The van der Waals surface area contributed by atoms with E-state index in [2.05, 4.69) is 0 Å². The molecule has 10 heteroatoms. The Balaban J connectivity index is 2.64. The molecule has 0 spiro atoms. The highest BCUT2D eigenvalue weighted by molar-refractivity contribution is 7.86. The Bertz CT molecular complexity index is 823. The minimum atomic E-state index is -3.96. The van der Waals surface area contributed by atoms with Crippen LogP contribution in [0.15, 0.2) is 12.1 Å². The van der Waals surface area contributed by atoms with Crippen molar-refractivity contribution in [2.75, 3.05) is 19.1 Å². The van der Waals surface area contributed by atoms with E-state index in [1.54, 1.807) is 6.92 Å². The summed E-state index contributed by atoms with van der Waals surface area (Å²) in [5.74, 6) is -1.44. The minimum absolute atomic E-state index is 0.0151. The molecule has 0 saturated heterocycles. The quantitative estimate of drug-likeness (QED) is 0.718. The molecule has 1 atom stereocenters. The summed E-state index contributed by atoms with van der Waals surface area (Å²) >= 11 is 0. The Morgan fingerprint density at radius 3 is 2.23 bits per heavy atom.